The molecule has 0 aliphatic carbocycles. The van der Waals surface area contributed by atoms with Crippen molar-refractivity contribution >= 4 is 23.3 Å². The summed E-state index contributed by atoms with van der Waals surface area (Å²) in [6.45, 7) is 7.22. The molecule has 3 rings (SSSR count). The topological polar surface area (TPSA) is 83.9 Å². The number of amides is 1. The standard InChI is InChI=1S/C25H27NO5/c1-15-7-6-8-17(13-15)21-20(23(29)25(2,3)4)22(28)24(30)26(21)18-11-9-16(10-12-18)14-19(27)31-5/h6-13,21,28H,14H2,1-5H3. The molecule has 0 bridgehead atoms. The van der Waals surface area contributed by atoms with E-state index in [1.807, 2.05) is 31.2 Å². The van der Waals surface area contributed by atoms with Gasteiger partial charge in [0.05, 0.1) is 25.1 Å². The lowest BCUT2D eigenvalue weighted by atomic mass is 9.82. The number of Topliss-reactive ketones (excluding diaryl/α,β-unsaturated/α-hetero) is 1. The van der Waals surface area contributed by atoms with Crippen LogP contribution in [-0.4, -0.2) is 29.9 Å². The van der Waals surface area contributed by atoms with Gasteiger partial charge < -0.3 is 9.84 Å². The summed E-state index contributed by atoms with van der Waals surface area (Å²) in [6.07, 6.45) is 0.114. The third-order valence-electron chi connectivity index (χ3n) is 5.28. The second-order valence-electron chi connectivity index (χ2n) is 8.75. The Kier molecular flexibility index (Phi) is 6.02. The van der Waals surface area contributed by atoms with Gasteiger partial charge in [-0.2, -0.15) is 0 Å². The van der Waals surface area contributed by atoms with E-state index in [0.29, 0.717) is 5.69 Å². The number of nitrogens with zero attached hydrogens (tertiary/aromatic N) is 1. The van der Waals surface area contributed by atoms with Crippen molar-refractivity contribution in [1.82, 2.24) is 0 Å². The third-order valence-corrected chi connectivity index (χ3v) is 5.28. The normalized spacial score (nSPS) is 16.6. The first-order chi connectivity index (χ1) is 14.5. The highest BCUT2D eigenvalue weighted by atomic mass is 16.5. The molecule has 2 aromatic rings. The molecule has 0 saturated carbocycles. The Labute approximate surface area is 182 Å². The Morgan fingerprint density at radius 3 is 2.29 bits per heavy atom. The maximum atomic E-state index is 13.2. The quantitative estimate of drug-likeness (QED) is 0.731. The molecule has 31 heavy (non-hydrogen) atoms. The van der Waals surface area contributed by atoms with Crippen molar-refractivity contribution in [3.8, 4) is 0 Å². The number of hydrogen-bond donors (Lipinski definition) is 1. The van der Waals surface area contributed by atoms with Gasteiger partial charge in [0.1, 0.15) is 0 Å². The molecule has 0 fully saturated rings. The SMILES string of the molecule is COC(=O)Cc1ccc(N2C(=O)C(O)=C(C(=O)C(C)(C)C)C2c2cccc(C)c2)cc1. The lowest BCUT2D eigenvalue weighted by molar-refractivity contribution is -0.139. The summed E-state index contributed by atoms with van der Waals surface area (Å²) in [5.74, 6) is -1.79. The van der Waals surface area contributed by atoms with Crippen LogP contribution < -0.4 is 4.90 Å². The number of aliphatic hydroxyl groups is 1. The molecule has 6 heteroatoms. The van der Waals surface area contributed by atoms with Gasteiger partial charge in [-0.15, -0.1) is 0 Å². The number of hydrogen-bond acceptors (Lipinski definition) is 5. The average Bonchev–Trinajstić information content (AvgIpc) is 2.98. The molecular formula is C25H27NO5. The Hall–Kier alpha value is -3.41. The summed E-state index contributed by atoms with van der Waals surface area (Å²) in [5.41, 5.74) is 2.30. The van der Waals surface area contributed by atoms with Gasteiger partial charge in [-0.1, -0.05) is 62.7 Å². The van der Waals surface area contributed by atoms with Crippen molar-refractivity contribution in [1.29, 1.82) is 0 Å². The van der Waals surface area contributed by atoms with Crippen LogP contribution >= 0.6 is 0 Å². The number of benzene rings is 2. The van der Waals surface area contributed by atoms with Crippen molar-refractivity contribution in [2.75, 3.05) is 12.0 Å². The Bertz CT molecular complexity index is 1060. The van der Waals surface area contributed by atoms with Crippen molar-refractivity contribution in [2.45, 2.75) is 40.2 Å². The molecule has 6 nitrogen and oxygen atoms in total. The second kappa shape index (κ2) is 8.38. The fourth-order valence-electron chi connectivity index (χ4n) is 3.68. The Balaban J connectivity index is 2.10. The zero-order valence-electron chi connectivity index (χ0n) is 18.4. The smallest absolute Gasteiger partial charge is 0.309 e. The summed E-state index contributed by atoms with van der Waals surface area (Å²) in [5, 5.41) is 10.7. The first kappa shape index (κ1) is 22.3. The van der Waals surface area contributed by atoms with Crippen LogP contribution in [0, 0.1) is 12.3 Å². The minimum Gasteiger partial charge on any atom is -0.503 e. The number of aliphatic hydroxyl groups excluding tert-OH is 1. The van der Waals surface area contributed by atoms with E-state index in [1.165, 1.54) is 12.0 Å². The van der Waals surface area contributed by atoms with E-state index in [1.54, 1.807) is 45.0 Å². The highest BCUT2D eigenvalue weighted by Crippen LogP contribution is 2.43. The first-order valence-electron chi connectivity index (χ1n) is 10.1. The van der Waals surface area contributed by atoms with Crippen molar-refractivity contribution in [3.63, 3.8) is 0 Å². The molecule has 2 aromatic carbocycles. The van der Waals surface area contributed by atoms with Crippen LogP contribution in [0.25, 0.3) is 0 Å². The van der Waals surface area contributed by atoms with Crippen molar-refractivity contribution in [2.24, 2.45) is 5.41 Å². The van der Waals surface area contributed by atoms with Gasteiger partial charge >= 0.3 is 5.97 Å². The first-order valence-corrected chi connectivity index (χ1v) is 10.1. The predicted octanol–water partition coefficient (Wildman–Crippen LogP) is 4.23. The van der Waals surface area contributed by atoms with Crippen LogP contribution in [0.3, 0.4) is 0 Å². The van der Waals surface area contributed by atoms with Crippen LogP contribution in [0.2, 0.25) is 0 Å². The lowest BCUT2D eigenvalue weighted by Gasteiger charge is -2.29. The van der Waals surface area contributed by atoms with Gasteiger partial charge in [0.2, 0.25) is 0 Å². The number of ketones is 1. The highest BCUT2D eigenvalue weighted by Gasteiger charge is 2.46. The number of ether oxygens (including phenoxy) is 1. The molecule has 0 saturated heterocycles. The summed E-state index contributed by atoms with van der Waals surface area (Å²) < 4.78 is 4.69. The molecule has 0 aromatic heterocycles. The highest BCUT2D eigenvalue weighted by molar-refractivity contribution is 6.17. The minimum atomic E-state index is -0.772. The molecular weight excluding hydrogens is 394 g/mol. The summed E-state index contributed by atoms with van der Waals surface area (Å²) in [7, 11) is 1.33. The van der Waals surface area contributed by atoms with Crippen LogP contribution in [-0.2, 0) is 25.5 Å². The fourth-order valence-corrected chi connectivity index (χ4v) is 3.68. The predicted molar refractivity (Wildman–Crippen MR) is 118 cm³/mol. The lowest BCUT2D eigenvalue weighted by Crippen LogP contribution is -2.32. The molecule has 0 radical (unpaired) electrons. The number of carbonyl (C=O) groups excluding carboxylic acids is 3. The van der Waals surface area contributed by atoms with Gasteiger partial charge in [-0.05, 0) is 30.2 Å². The summed E-state index contributed by atoms with van der Waals surface area (Å²) in [4.78, 5) is 39.3. The van der Waals surface area contributed by atoms with Crippen LogP contribution in [0.5, 0.6) is 0 Å². The third kappa shape index (κ3) is 4.38. The van der Waals surface area contributed by atoms with Crippen LogP contribution in [0.4, 0.5) is 5.69 Å². The van der Waals surface area contributed by atoms with E-state index in [9.17, 15) is 19.5 Å². The molecule has 1 amide bonds. The number of rotatable bonds is 5. The molecule has 1 atom stereocenters. The summed E-state index contributed by atoms with van der Waals surface area (Å²) >= 11 is 0. The average molecular weight is 421 g/mol. The molecule has 1 heterocycles. The Morgan fingerprint density at radius 2 is 1.74 bits per heavy atom. The molecule has 162 valence electrons. The monoisotopic (exact) mass is 421 g/mol. The number of anilines is 1. The van der Waals surface area contributed by atoms with E-state index in [2.05, 4.69) is 0 Å². The van der Waals surface area contributed by atoms with E-state index in [-0.39, 0.29) is 23.7 Å². The van der Waals surface area contributed by atoms with E-state index >= 15 is 0 Å². The zero-order valence-corrected chi connectivity index (χ0v) is 18.4. The number of methoxy groups -OCH3 is 1. The van der Waals surface area contributed by atoms with Gasteiger partial charge in [-0.25, -0.2) is 0 Å². The number of aryl methyl sites for hydroxylation is 1. The van der Waals surface area contributed by atoms with Crippen LogP contribution in [0.15, 0.2) is 59.9 Å². The fraction of sp³-hybridized carbons (Fsp3) is 0.320. The van der Waals surface area contributed by atoms with Gasteiger partial charge in [0, 0.05) is 11.1 Å². The van der Waals surface area contributed by atoms with Crippen molar-refractivity contribution in [3.05, 3.63) is 76.6 Å². The molecule has 1 aliphatic rings. The van der Waals surface area contributed by atoms with E-state index in [0.717, 1.165) is 16.7 Å². The van der Waals surface area contributed by atoms with Crippen LogP contribution in [0.1, 0.15) is 43.5 Å². The zero-order chi connectivity index (χ0) is 22.9. The molecule has 1 N–H and O–H groups in total. The number of carbonyl (C=O) groups is 3. The molecule has 1 unspecified atom stereocenters. The summed E-state index contributed by atoms with van der Waals surface area (Å²) in [6, 6.07) is 13.7. The van der Waals surface area contributed by atoms with Gasteiger partial charge in [-0.3, -0.25) is 19.3 Å². The van der Waals surface area contributed by atoms with Gasteiger partial charge in [0.25, 0.3) is 5.91 Å². The number of esters is 1. The molecule has 0 spiro atoms. The Morgan fingerprint density at radius 1 is 1.10 bits per heavy atom. The maximum absolute atomic E-state index is 13.2. The largest absolute Gasteiger partial charge is 0.503 e. The van der Waals surface area contributed by atoms with Gasteiger partial charge in [0.15, 0.2) is 11.5 Å². The molecule has 1 aliphatic heterocycles. The minimum absolute atomic E-state index is 0.0988. The van der Waals surface area contributed by atoms with E-state index < -0.39 is 23.1 Å². The van der Waals surface area contributed by atoms with E-state index in [4.69, 9.17) is 4.74 Å². The second-order valence-corrected chi connectivity index (χ2v) is 8.75. The maximum Gasteiger partial charge on any atom is 0.309 e. The van der Waals surface area contributed by atoms with Crippen molar-refractivity contribution < 1.29 is 24.2 Å².